The number of hydrogen-bond donors (Lipinski definition) is 0. The normalized spacial score (nSPS) is 14.6. The van der Waals surface area contributed by atoms with Crippen molar-refractivity contribution in [3.8, 4) is 0 Å². The molecule has 0 saturated heterocycles. The highest BCUT2D eigenvalue weighted by Crippen LogP contribution is 2.01. The highest BCUT2D eigenvalue weighted by molar-refractivity contribution is 6.48. The molecule has 0 saturated carbocycles. The van der Waals surface area contributed by atoms with Crippen LogP contribution in [0.15, 0.2) is 0 Å². The van der Waals surface area contributed by atoms with Crippen LogP contribution in [0.5, 0.6) is 0 Å². The van der Waals surface area contributed by atoms with E-state index in [0.717, 1.165) is 5.54 Å². The highest BCUT2D eigenvalue weighted by atomic mass is 28.2. The third kappa shape index (κ3) is 5.97. The van der Waals surface area contributed by atoms with Gasteiger partial charge in [0.2, 0.25) is 0 Å². The molecule has 0 amide bonds. The Morgan fingerprint density at radius 2 is 2.11 bits per heavy atom. The van der Waals surface area contributed by atoms with Crippen LogP contribution in [0.4, 0.5) is 0 Å². The van der Waals surface area contributed by atoms with Crippen LogP contribution in [0.1, 0.15) is 40.0 Å². The van der Waals surface area contributed by atoms with Gasteiger partial charge in [0, 0.05) is 0 Å². The number of rotatable bonds is 4. The molecule has 0 N–H and O–H groups in total. The van der Waals surface area contributed by atoms with Crippen molar-refractivity contribution in [1.29, 1.82) is 0 Å². The van der Waals surface area contributed by atoms with Gasteiger partial charge >= 0.3 is 0 Å². The van der Waals surface area contributed by atoms with Crippen LogP contribution < -0.4 is 0 Å². The van der Waals surface area contributed by atoms with Crippen LogP contribution in [0.3, 0.4) is 0 Å². The van der Waals surface area contributed by atoms with E-state index < -0.39 is 0 Å². The first-order valence-electron chi connectivity index (χ1n) is 3.97. The minimum absolute atomic E-state index is 0.644. The van der Waals surface area contributed by atoms with Crippen LogP contribution in [0.2, 0.25) is 5.54 Å². The van der Waals surface area contributed by atoms with Gasteiger partial charge in [0.05, 0.1) is 0 Å². The zero-order chi connectivity index (χ0) is 7.11. The maximum Gasteiger partial charge on any atom is -0.00890 e. The van der Waals surface area contributed by atoms with Gasteiger partial charge in [-0.15, -0.1) is 5.67 Å². The molecule has 0 aromatic heterocycles. The zero-order valence-electron chi connectivity index (χ0n) is 6.85. The Bertz CT molecular complexity index is 76.6. The molecule has 1 heteroatoms. The zero-order valence-corrected chi connectivity index (χ0v) is 8.01. The summed E-state index contributed by atoms with van der Waals surface area (Å²) < 4.78 is 0. The molecule has 0 aliphatic heterocycles. The molecule has 0 fully saturated rings. The lowest BCUT2D eigenvalue weighted by Crippen LogP contribution is -1.91. The lowest BCUT2D eigenvalue weighted by atomic mass is 10.4. The van der Waals surface area contributed by atoms with Crippen LogP contribution in [-0.4, -0.2) is 14.8 Å². The van der Waals surface area contributed by atoms with E-state index in [1.165, 1.54) is 19.3 Å². The Morgan fingerprint density at radius 3 is 2.56 bits per heavy atom. The average molecular weight is 142 g/mol. The summed E-state index contributed by atoms with van der Waals surface area (Å²) in [5.41, 5.74) is 3.48. The van der Waals surface area contributed by atoms with Gasteiger partial charge in [-0.05, 0) is 21.1 Å². The van der Waals surface area contributed by atoms with E-state index in [1.807, 2.05) is 0 Å². The molecule has 0 aliphatic rings. The van der Waals surface area contributed by atoms with Crippen molar-refractivity contribution in [2.45, 2.75) is 45.6 Å². The summed E-state index contributed by atoms with van der Waals surface area (Å²) in [6.45, 7) is 6.87. The average Bonchev–Trinajstić information content (AvgIpc) is 1.89. The van der Waals surface area contributed by atoms with Crippen molar-refractivity contribution >= 4 is 14.8 Å². The van der Waals surface area contributed by atoms with Gasteiger partial charge in [0.15, 0.2) is 0 Å². The summed E-state index contributed by atoms with van der Waals surface area (Å²) in [4.78, 5) is 0. The Kier molecular flexibility index (Phi) is 6.27. The summed E-state index contributed by atoms with van der Waals surface area (Å²) >= 11 is 0. The molecule has 0 aromatic carbocycles. The monoisotopic (exact) mass is 142 g/mol. The summed E-state index contributed by atoms with van der Waals surface area (Å²) in [6, 6.07) is 0. The quantitative estimate of drug-likeness (QED) is 0.528. The maximum atomic E-state index is 2.49. The van der Waals surface area contributed by atoms with Crippen molar-refractivity contribution in [1.82, 2.24) is 0 Å². The number of hydrogen-bond acceptors (Lipinski definition) is 0. The van der Waals surface area contributed by atoms with Gasteiger partial charge < -0.3 is 0 Å². The molecule has 0 radical (unpaired) electrons. The van der Waals surface area contributed by atoms with Gasteiger partial charge in [0.1, 0.15) is 0 Å². The Morgan fingerprint density at radius 1 is 1.44 bits per heavy atom. The first kappa shape index (κ1) is 9.09. The van der Waals surface area contributed by atoms with Crippen LogP contribution >= 0.6 is 0 Å². The fourth-order valence-corrected chi connectivity index (χ4v) is 1.89. The summed E-state index contributed by atoms with van der Waals surface area (Å²) in [7, 11) is 0.644. The van der Waals surface area contributed by atoms with E-state index in [1.54, 1.807) is 0 Å². The van der Waals surface area contributed by atoms with Gasteiger partial charge in [-0.25, -0.2) is 0 Å². The molecular formula is C8H18Si. The molecule has 0 aromatic rings. The van der Waals surface area contributed by atoms with Gasteiger partial charge in [0.25, 0.3) is 0 Å². The minimum atomic E-state index is 0.644. The first-order valence-corrected chi connectivity index (χ1v) is 5.31. The molecule has 0 bridgehead atoms. The molecule has 0 spiro atoms. The molecular weight excluding hydrogens is 124 g/mol. The van der Waals surface area contributed by atoms with E-state index in [9.17, 15) is 0 Å². The van der Waals surface area contributed by atoms with Crippen molar-refractivity contribution in [3.63, 3.8) is 0 Å². The van der Waals surface area contributed by atoms with Gasteiger partial charge in [-0.1, -0.05) is 33.6 Å². The molecule has 9 heavy (non-hydrogen) atoms. The molecule has 54 valence electrons. The smallest absolute Gasteiger partial charge is 0.00890 e. The molecule has 0 aliphatic carbocycles. The van der Waals surface area contributed by atoms with E-state index in [0.29, 0.717) is 9.13 Å². The fourth-order valence-electron chi connectivity index (χ4n) is 0.631. The summed E-state index contributed by atoms with van der Waals surface area (Å²) in [5, 5.41) is 0. The largest absolute Gasteiger partial charge is 0.106 e. The topological polar surface area (TPSA) is 0 Å². The lowest BCUT2D eigenvalue weighted by Gasteiger charge is -1.96. The highest BCUT2D eigenvalue weighted by Gasteiger charge is 1.88. The summed E-state index contributed by atoms with van der Waals surface area (Å²) in [5.74, 6) is 0. The SMILES string of the molecule is CCCC=[SiH]C(C)CC. The Labute approximate surface area is 61.1 Å². The van der Waals surface area contributed by atoms with Crippen LogP contribution in [0, 0.1) is 0 Å². The van der Waals surface area contributed by atoms with Crippen LogP contribution in [0.25, 0.3) is 0 Å². The second-order valence-corrected chi connectivity index (χ2v) is 4.60. The predicted octanol–water partition coefficient (Wildman–Crippen LogP) is 2.24. The summed E-state index contributed by atoms with van der Waals surface area (Å²) in [6.07, 6.45) is 4.01. The Hall–Kier alpha value is 0.0869. The van der Waals surface area contributed by atoms with E-state index >= 15 is 0 Å². The molecule has 0 nitrogen and oxygen atoms in total. The standard InChI is InChI=1S/C8H18Si/c1-4-6-7-9-8(3)5-2/h7-9H,4-6H2,1-3H3. The lowest BCUT2D eigenvalue weighted by molar-refractivity contribution is 0.877. The molecule has 1 unspecified atom stereocenters. The predicted molar refractivity (Wildman–Crippen MR) is 47.8 cm³/mol. The Balaban J connectivity index is 3.20. The second-order valence-electron chi connectivity index (χ2n) is 2.60. The molecule has 1 atom stereocenters. The van der Waals surface area contributed by atoms with Crippen LogP contribution in [-0.2, 0) is 0 Å². The van der Waals surface area contributed by atoms with Crippen molar-refractivity contribution < 1.29 is 0 Å². The fraction of sp³-hybridized carbons (Fsp3) is 0.875. The maximum absolute atomic E-state index is 2.49. The van der Waals surface area contributed by atoms with E-state index in [4.69, 9.17) is 0 Å². The van der Waals surface area contributed by atoms with Crippen molar-refractivity contribution in [2.24, 2.45) is 0 Å². The first-order chi connectivity index (χ1) is 4.31. The minimum Gasteiger partial charge on any atom is -0.106 e. The van der Waals surface area contributed by atoms with E-state index in [-0.39, 0.29) is 0 Å². The van der Waals surface area contributed by atoms with Gasteiger partial charge in [-0.2, -0.15) is 0 Å². The third-order valence-electron chi connectivity index (χ3n) is 1.56. The van der Waals surface area contributed by atoms with Crippen molar-refractivity contribution in [2.75, 3.05) is 0 Å². The molecule has 0 heterocycles. The second kappa shape index (κ2) is 6.21. The van der Waals surface area contributed by atoms with Crippen molar-refractivity contribution in [3.05, 3.63) is 0 Å². The molecule has 0 rings (SSSR count). The van der Waals surface area contributed by atoms with Gasteiger partial charge in [-0.3, -0.25) is 0 Å². The third-order valence-corrected chi connectivity index (χ3v) is 3.30. The number of unbranched alkanes of at least 4 members (excludes halogenated alkanes) is 1. The van der Waals surface area contributed by atoms with E-state index in [2.05, 4.69) is 26.4 Å².